The van der Waals surface area contributed by atoms with Crippen LogP contribution < -0.4 is 14.4 Å². The van der Waals surface area contributed by atoms with Crippen LogP contribution in [0.2, 0.25) is 0 Å². The number of benzene rings is 1. The van der Waals surface area contributed by atoms with E-state index in [1.165, 1.54) is 0 Å². The second-order valence-corrected chi connectivity index (χ2v) is 6.66. The van der Waals surface area contributed by atoms with Gasteiger partial charge in [0, 0.05) is 37.7 Å². The molecule has 2 heterocycles. The average molecular weight is 371 g/mol. The number of carboxylic acids is 1. The molecule has 7 heteroatoms. The second kappa shape index (κ2) is 8.24. The van der Waals surface area contributed by atoms with Gasteiger partial charge in [-0.25, -0.2) is 14.8 Å². The lowest BCUT2D eigenvalue weighted by molar-refractivity contribution is -0.157. The summed E-state index contributed by atoms with van der Waals surface area (Å²) in [7, 11) is 1.54. The molecule has 1 N–H and O–H groups in total. The Morgan fingerprint density at radius 3 is 2.59 bits per heavy atom. The Balaban J connectivity index is 1.79. The number of aliphatic carboxylic acids is 1. The fourth-order valence-electron chi connectivity index (χ4n) is 3.44. The number of para-hydroxylation sites is 2. The van der Waals surface area contributed by atoms with Crippen molar-refractivity contribution in [1.82, 2.24) is 9.97 Å². The van der Waals surface area contributed by atoms with Crippen molar-refractivity contribution in [1.29, 1.82) is 0 Å². The minimum Gasteiger partial charge on any atom is -0.493 e. The quantitative estimate of drug-likeness (QED) is 0.801. The summed E-state index contributed by atoms with van der Waals surface area (Å²) in [5.74, 6) is 0.916. The van der Waals surface area contributed by atoms with Crippen LogP contribution in [0, 0.1) is 0 Å². The summed E-state index contributed by atoms with van der Waals surface area (Å²) in [5, 5.41) is 9.90. The summed E-state index contributed by atoms with van der Waals surface area (Å²) < 4.78 is 11.3. The van der Waals surface area contributed by atoms with Gasteiger partial charge >= 0.3 is 5.97 Å². The number of rotatable bonds is 7. The van der Waals surface area contributed by atoms with Crippen LogP contribution >= 0.6 is 0 Å². The van der Waals surface area contributed by atoms with Crippen molar-refractivity contribution >= 4 is 11.8 Å². The molecule has 7 nitrogen and oxygen atoms in total. The first-order valence-corrected chi connectivity index (χ1v) is 9.19. The van der Waals surface area contributed by atoms with Gasteiger partial charge in [0.2, 0.25) is 5.60 Å². The Morgan fingerprint density at radius 2 is 1.96 bits per heavy atom. The van der Waals surface area contributed by atoms with E-state index in [2.05, 4.69) is 21.8 Å². The lowest BCUT2D eigenvalue weighted by Crippen LogP contribution is -2.53. The monoisotopic (exact) mass is 371 g/mol. The van der Waals surface area contributed by atoms with Crippen molar-refractivity contribution < 1.29 is 19.4 Å². The zero-order chi connectivity index (χ0) is 19.3. The van der Waals surface area contributed by atoms with E-state index in [9.17, 15) is 9.90 Å². The van der Waals surface area contributed by atoms with Crippen LogP contribution in [0.5, 0.6) is 11.5 Å². The molecule has 1 aliphatic rings. The predicted molar refractivity (Wildman–Crippen MR) is 101 cm³/mol. The number of aryl methyl sites for hydroxylation is 1. The summed E-state index contributed by atoms with van der Waals surface area (Å²) in [5.41, 5.74) is -0.184. The standard InChI is InChI=1S/C20H25N3O4/c1-3-6-15-13-21-14-22-18(15)23-11-9-20(10-12-23,19(24)25)27-17-8-5-4-7-16(17)26-2/h4-5,7-8,13-14H,3,6,9-12H2,1-2H3,(H,24,25). The van der Waals surface area contributed by atoms with Crippen LogP contribution in [0.15, 0.2) is 36.8 Å². The van der Waals surface area contributed by atoms with Gasteiger partial charge in [0.05, 0.1) is 7.11 Å². The number of methoxy groups -OCH3 is 1. The number of piperidine rings is 1. The second-order valence-electron chi connectivity index (χ2n) is 6.66. The number of anilines is 1. The van der Waals surface area contributed by atoms with Crippen molar-refractivity contribution in [2.75, 3.05) is 25.1 Å². The third-order valence-corrected chi connectivity index (χ3v) is 4.92. The van der Waals surface area contributed by atoms with Crippen molar-refractivity contribution in [2.45, 2.75) is 38.2 Å². The number of carbonyl (C=O) groups is 1. The normalized spacial score (nSPS) is 16.0. The highest BCUT2D eigenvalue weighted by molar-refractivity contribution is 5.78. The van der Waals surface area contributed by atoms with E-state index in [0.717, 1.165) is 24.2 Å². The minimum absolute atomic E-state index is 0.357. The van der Waals surface area contributed by atoms with Crippen molar-refractivity contribution in [3.05, 3.63) is 42.4 Å². The van der Waals surface area contributed by atoms with Crippen LogP contribution in [0.3, 0.4) is 0 Å². The van der Waals surface area contributed by atoms with Gasteiger partial charge in [-0.2, -0.15) is 0 Å². The molecule has 0 amide bonds. The van der Waals surface area contributed by atoms with Gasteiger partial charge in [-0.15, -0.1) is 0 Å². The highest BCUT2D eigenvalue weighted by Crippen LogP contribution is 2.35. The molecule has 1 aromatic heterocycles. The molecular weight excluding hydrogens is 346 g/mol. The molecule has 1 aromatic carbocycles. The summed E-state index contributed by atoms with van der Waals surface area (Å²) >= 11 is 0. The molecule has 0 atom stereocenters. The predicted octanol–water partition coefficient (Wildman–Crippen LogP) is 2.94. The van der Waals surface area contributed by atoms with Gasteiger partial charge < -0.3 is 19.5 Å². The molecule has 3 rings (SSSR count). The van der Waals surface area contributed by atoms with Crippen LogP contribution in [0.4, 0.5) is 5.82 Å². The lowest BCUT2D eigenvalue weighted by Gasteiger charge is -2.39. The zero-order valence-corrected chi connectivity index (χ0v) is 15.7. The van der Waals surface area contributed by atoms with Crippen LogP contribution in [0.1, 0.15) is 31.7 Å². The lowest BCUT2D eigenvalue weighted by atomic mass is 9.90. The Bertz CT molecular complexity index is 788. The van der Waals surface area contributed by atoms with Crippen molar-refractivity contribution in [3.63, 3.8) is 0 Å². The van der Waals surface area contributed by atoms with E-state index in [1.807, 2.05) is 12.3 Å². The van der Waals surface area contributed by atoms with E-state index >= 15 is 0 Å². The summed E-state index contributed by atoms with van der Waals surface area (Å²) in [4.78, 5) is 22.8. The smallest absolute Gasteiger partial charge is 0.348 e. The third-order valence-electron chi connectivity index (χ3n) is 4.92. The van der Waals surface area contributed by atoms with Gasteiger partial charge in [-0.1, -0.05) is 25.5 Å². The summed E-state index contributed by atoms with van der Waals surface area (Å²) in [6.07, 6.45) is 6.00. The topological polar surface area (TPSA) is 84.8 Å². The number of ether oxygens (including phenoxy) is 2. The highest BCUT2D eigenvalue weighted by atomic mass is 16.5. The minimum atomic E-state index is -1.27. The van der Waals surface area contributed by atoms with Gasteiger partial charge in [-0.3, -0.25) is 0 Å². The zero-order valence-electron chi connectivity index (χ0n) is 15.7. The maximum Gasteiger partial charge on any atom is 0.348 e. The molecule has 0 unspecified atom stereocenters. The first-order chi connectivity index (χ1) is 13.1. The fraction of sp³-hybridized carbons (Fsp3) is 0.450. The molecule has 0 radical (unpaired) electrons. The van der Waals surface area contributed by atoms with E-state index in [4.69, 9.17) is 9.47 Å². The average Bonchev–Trinajstić information content (AvgIpc) is 2.70. The molecule has 0 saturated carbocycles. The number of carboxylic acid groups (broad SMARTS) is 1. The van der Waals surface area contributed by atoms with Crippen molar-refractivity contribution in [2.24, 2.45) is 0 Å². The third kappa shape index (κ3) is 3.97. The van der Waals surface area contributed by atoms with Gasteiger partial charge in [0.15, 0.2) is 11.5 Å². The van der Waals surface area contributed by atoms with E-state index in [-0.39, 0.29) is 0 Å². The number of hydrogen-bond acceptors (Lipinski definition) is 6. The first kappa shape index (κ1) is 18.9. The van der Waals surface area contributed by atoms with Gasteiger partial charge in [0.1, 0.15) is 12.1 Å². The molecule has 1 aliphatic heterocycles. The maximum atomic E-state index is 12.1. The highest BCUT2D eigenvalue weighted by Gasteiger charge is 2.45. The molecule has 0 bridgehead atoms. The molecular formula is C20H25N3O4. The van der Waals surface area contributed by atoms with Gasteiger partial charge in [-0.05, 0) is 18.6 Å². The van der Waals surface area contributed by atoms with Crippen molar-refractivity contribution in [3.8, 4) is 11.5 Å². The van der Waals surface area contributed by atoms with Crippen LogP contribution in [0.25, 0.3) is 0 Å². The molecule has 27 heavy (non-hydrogen) atoms. The van der Waals surface area contributed by atoms with E-state index < -0.39 is 11.6 Å². The number of aromatic nitrogens is 2. The maximum absolute atomic E-state index is 12.1. The largest absolute Gasteiger partial charge is 0.493 e. The SMILES string of the molecule is CCCc1cncnc1N1CCC(Oc2ccccc2OC)(C(=O)O)CC1. The molecule has 1 saturated heterocycles. The Kier molecular flexibility index (Phi) is 5.78. The van der Waals surface area contributed by atoms with Gasteiger partial charge in [0.25, 0.3) is 0 Å². The molecule has 0 spiro atoms. The molecule has 144 valence electrons. The van der Waals surface area contributed by atoms with E-state index in [0.29, 0.717) is 37.4 Å². The number of hydrogen-bond donors (Lipinski definition) is 1. The molecule has 2 aromatic rings. The Morgan fingerprint density at radius 1 is 1.26 bits per heavy atom. The number of nitrogens with zero attached hydrogens (tertiary/aromatic N) is 3. The molecule has 1 fully saturated rings. The Labute approximate surface area is 159 Å². The van der Waals surface area contributed by atoms with E-state index in [1.54, 1.807) is 31.6 Å². The first-order valence-electron chi connectivity index (χ1n) is 9.19. The van der Waals surface area contributed by atoms with Crippen LogP contribution in [-0.2, 0) is 11.2 Å². The summed E-state index contributed by atoms with van der Waals surface area (Å²) in [6.45, 7) is 3.22. The van der Waals surface area contributed by atoms with Crippen LogP contribution in [-0.4, -0.2) is 46.8 Å². The Hall–Kier alpha value is -2.83. The molecule has 0 aliphatic carbocycles. The summed E-state index contributed by atoms with van der Waals surface area (Å²) in [6, 6.07) is 7.13. The fourth-order valence-corrected chi connectivity index (χ4v) is 3.44.